The summed E-state index contributed by atoms with van der Waals surface area (Å²) in [5.74, 6) is -1.98. The lowest BCUT2D eigenvalue weighted by Gasteiger charge is -2.10. The Morgan fingerprint density at radius 3 is 2.35 bits per heavy atom. The van der Waals surface area contributed by atoms with E-state index in [1.54, 1.807) is 0 Å². The highest BCUT2D eigenvalue weighted by Gasteiger charge is 2.30. The number of rotatable bonds is 3. The molecule has 0 aliphatic rings. The van der Waals surface area contributed by atoms with E-state index < -0.39 is 30.2 Å². The molecule has 20 heavy (non-hydrogen) atoms. The molecule has 1 heterocycles. The second kappa shape index (κ2) is 4.95. The van der Waals surface area contributed by atoms with Crippen LogP contribution in [0.25, 0.3) is 11.3 Å². The first-order chi connectivity index (χ1) is 9.26. The minimum Gasteiger partial charge on any atom is -0.476 e. The molecule has 0 saturated carbocycles. The third-order valence-corrected chi connectivity index (χ3v) is 2.47. The number of carboxylic acids is 1. The van der Waals surface area contributed by atoms with Crippen molar-refractivity contribution in [3.63, 3.8) is 0 Å². The van der Waals surface area contributed by atoms with Gasteiger partial charge in [-0.1, -0.05) is 0 Å². The molecule has 1 aromatic carbocycles. The molecule has 0 radical (unpaired) electrons. The second-order valence-electron chi connectivity index (χ2n) is 4.00. The third kappa shape index (κ3) is 3.14. The summed E-state index contributed by atoms with van der Waals surface area (Å²) in [6, 6.07) is 5.67. The number of carbonyl (C=O) groups is 1. The Bertz CT molecular complexity index is 632. The largest absolute Gasteiger partial charge is 0.476 e. The van der Waals surface area contributed by atoms with Crippen LogP contribution in [0.1, 0.15) is 10.5 Å². The van der Waals surface area contributed by atoms with Gasteiger partial charge in [-0.15, -0.1) is 0 Å². The van der Waals surface area contributed by atoms with E-state index in [2.05, 4.69) is 5.10 Å². The van der Waals surface area contributed by atoms with Crippen LogP contribution in [0.2, 0.25) is 0 Å². The molecule has 4 nitrogen and oxygen atoms in total. The van der Waals surface area contributed by atoms with Crippen LogP contribution in [0.3, 0.4) is 0 Å². The van der Waals surface area contributed by atoms with Gasteiger partial charge in [-0.05, 0) is 30.3 Å². The number of hydrogen-bond donors (Lipinski definition) is 1. The van der Waals surface area contributed by atoms with E-state index in [1.165, 1.54) is 12.1 Å². The highest BCUT2D eigenvalue weighted by molar-refractivity contribution is 5.87. The Kier molecular flexibility index (Phi) is 3.47. The molecule has 1 N–H and O–H groups in total. The first kappa shape index (κ1) is 14.0. The van der Waals surface area contributed by atoms with Gasteiger partial charge in [-0.2, -0.15) is 18.3 Å². The predicted molar refractivity (Wildman–Crippen MR) is 60.6 cm³/mol. The van der Waals surface area contributed by atoms with Crippen LogP contribution in [0.5, 0.6) is 0 Å². The highest BCUT2D eigenvalue weighted by atomic mass is 19.4. The Hall–Kier alpha value is -2.38. The van der Waals surface area contributed by atoms with Crippen molar-refractivity contribution >= 4 is 5.97 Å². The zero-order valence-electron chi connectivity index (χ0n) is 9.86. The molecule has 8 heteroatoms. The van der Waals surface area contributed by atoms with Crippen LogP contribution < -0.4 is 0 Å². The maximum absolute atomic E-state index is 12.8. The van der Waals surface area contributed by atoms with Crippen LogP contribution in [0, 0.1) is 5.82 Å². The molecule has 0 fully saturated rings. The van der Waals surface area contributed by atoms with Crippen molar-refractivity contribution in [3.8, 4) is 11.3 Å². The van der Waals surface area contributed by atoms with Gasteiger partial charge in [0.2, 0.25) is 0 Å². The smallest absolute Gasteiger partial charge is 0.408 e. The Balaban J connectivity index is 2.49. The predicted octanol–water partition coefficient (Wildman–Crippen LogP) is 2.95. The van der Waals surface area contributed by atoms with Crippen LogP contribution in [0.4, 0.5) is 17.6 Å². The lowest BCUT2D eigenvalue weighted by atomic mass is 10.1. The minimum atomic E-state index is -4.55. The fraction of sp³-hybridized carbons (Fsp3) is 0.167. The lowest BCUT2D eigenvalue weighted by Crippen LogP contribution is -2.19. The Labute approximate surface area is 110 Å². The minimum absolute atomic E-state index is 0.0419. The number of aromatic nitrogens is 2. The molecule has 1 aromatic heterocycles. The number of hydrogen-bond acceptors (Lipinski definition) is 2. The van der Waals surface area contributed by atoms with E-state index in [4.69, 9.17) is 5.11 Å². The van der Waals surface area contributed by atoms with Gasteiger partial charge in [0.25, 0.3) is 0 Å². The van der Waals surface area contributed by atoms with Gasteiger partial charge in [0.05, 0.1) is 5.69 Å². The van der Waals surface area contributed by atoms with E-state index >= 15 is 0 Å². The number of benzene rings is 1. The van der Waals surface area contributed by atoms with Crippen LogP contribution in [0.15, 0.2) is 30.3 Å². The van der Waals surface area contributed by atoms with Gasteiger partial charge in [0.1, 0.15) is 12.4 Å². The summed E-state index contributed by atoms with van der Waals surface area (Å²) in [6.45, 7) is -1.42. The van der Waals surface area contributed by atoms with Crippen LogP contribution in [-0.4, -0.2) is 27.0 Å². The fourth-order valence-corrected chi connectivity index (χ4v) is 1.66. The summed E-state index contributed by atoms with van der Waals surface area (Å²) in [4.78, 5) is 10.8. The van der Waals surface area contributed by atoms with Gasteiger partial charge in [0.15, 0.2) is 5.69 Å². The quantitative estimate of drug-likeness (QED) is 0.883. The first-order valence-corrected chi connectivity index (χ1v) is 5.40. The zero-order valence-corrected chi connectivity index (χ0v) is 9.86. The summed E-state index contributed by atoms with van der Waals surface area (Å²) in [5.41, 5.74) is -0.302. The molecule has 0 saturated heterocycles. The van der Waals surface area contributed by atoms with E-state index in [9.17, 15) is 22.4 Å². The number of nitrogens with zero attached hydrogens (tertiary/aromatic N) is 2. The van der Waals surface area contributed by atoms with Crippen molar-refractivity contribution < 1.29 is 27.5 Å². The fourth-order valence-electron chi connectivity index (χ4n) is 1.66. The molecule has 2 rings (SSSR count). The van der Waals surface area contributed by atoms with Crippen molar-refractivity contribution in [3.05, 3.63) is 41.8 Å². The number of halogens is 4. The van der Waals surface area contributed by atoms with Gasteiger partial charge in [0, 0.05) is 5.56 Å². The molecule has 0 amide bonds. The first-order valence-electron chi connectivity index (χ1n) is 5.40. The molecule has 0 bridgehead atoms. The molecule has 0 spiro atoms. The van der Waals surface area contributed by atoms with Gasteiger partial charge in [-0.25, -0.2) is 9.18 Å². The zero-order chi connectivity index (χ0) is 14.9. The Morgan fingerprint density at radius 2 is 1.85 bits per heavy atom. The number of alkyl halides is 3. The van der Waals surface area contributed by atoms with Crippen molar-refractivity contribution in [2.45, 2.75) is 12.7 Å². The average Bonchev–Trinajstić information content (AvgIpc) is 2.72. The molecular formula is C12H8F4N2O2. The molecule has 0 aliphatic heterocycles. The van der Waals surface area contributed by atoms with E-state index in [1.807, 2.05) is 0 Å². The molecule has 2 aromatic rings. The lowest BCUT2D eigenvalue weighted by molar-refractivity contribution is -0.142. The SMILES string of the molecule is O=C(O)c1cc(-c2ccc(F)cc2)n(CC(F)(F)F)n1. The summed E-state index contributed by atoms with van der Waals surface area (Å²) in [7, 11) is 0. The van der Waals surface area contributed by atoms with Gasteiger partial charge < -0.3 is 5.11 Å². The van der Waals surface area contributed by atoms with Crippen molar-refractivity contribution in [1.29, 1.82) is 0 Å². The van der Waals surface area contributed by atoms with E-state index in [0.717, 1.165) is 18.2 Å². The molecular weight excluding hydrogens is 280 g/mol. The van der Waals surface area contributed by atoms with Crippen molar-refractivity contribution in [2.75, 3.05) is 0 Å². The molecule has 106 valence electrons. The monoisotopic (exact) mass is 288 g/mol. The average molecular weight is 288 g/mol. The Morgan fingerprint density at radius 1 is 1.25 bits per heavy atom. The number of carboxylic acid groups (broad SMARTS) is 1. The summed E-state index contributed by atoms with van der Waals surface area (Å²) in [6.07, 6.45) is -4.55. The van der Waals surface area contributed by atoms with Gasteiger partial charge in [-0.3, -0.25) is 4.68 Å². The summed E-state index contributed by atoms with van der Waals surface area (Å²) < 4.78 is 50.7. The highest BCUT2D eigenvalue weighted by Crippen LogP contribution is 2.25. The summed E-state index contributed by atoms with van der Waals surface area (Å²) in [5, 5.41) is 12.2. The van der Waals surface area contributed by atoms with Crippen LogP contribution in [-0.2, 0) is 6.54 Å². The van der Waals surface area contributed by atoms with Crippen LogP contribution >= 0.6 is 0 Å². The van der Waals surface area contributed by atoms with E-state index in [0.29, 0.717) is 4.68 Å². The normalized spacial score (nSPS) is 11.6. The molecule has 0 aliphatic carbocycles. The topological polar surface area (TPSA) is 55.1 Å². The maximum atomic E-state index is 12.8. The molecule has 0 atom stereocenters. The number of aromatic carboxylic acids is 1. The summed E-state index contributed by atoms with van der Waals surface area (Å²) >= 11 is 0. The standard InChI is InChI=1S/C12H8F4N2O2/c13-8-3-1-7(2-4-8)10-5-9(11(19)20)17-18(10)6-12(14,15)16/h1-5H,6H2,(H,19,20). The van der Waals surface area contributed by atoms with Crippen molar-refractivity contribution in [2.24, 2.45) is 0 Å². The third-order valence-electron chi connectivity index (χ3n) is 2.47. The second-order valence-corrected chi connectivity index (χ2v) is 4.00. The van der Waals surface area contributed by atoms with Gasteiger partial charge >= 0.3 is 12.1 Å². The van der Waals surface area contributed by atoms with E-state index in [-0.39, 0.29) is 11.3 Å². The van der Waals surface area contributed by atoms with Crippen molar-refractivity contribution in [1.82, 2.24) is 9.78 Å². The molecule has 0 unspecified atom stereocenters. The maximum Gasteiger partial charge on any atom is 0.408 e.